The number of unbranched alkanes of at least 4 members (excludes halogenated alkanes) is 5. The highest BCUT2D eigenvalue weighted by atomic mass is 15.2. The van der Waals surface area contributed by atoms with Gasteiger partial charge in [-0.15, -0.1) is 0 Å². The lowest BCUT2D eigenvalue weighted by atomic mass is 9.93. The van der Waals surface area contributed by atoms with Crippen molar-refractivity contribution in [3.63, 3.8) is 0 Å². The van der Waals surface area contributed by atoms with Gasteiger partial charge >= 0.3 is 0 Å². The second-order valence-corrected chi connectivity index (χ2v) is 5.78. The Bertz CT molecular complexity index is 193. The molecule has 1 aliphatic heterocycles. The number of nitrogens with one attached hydrogen (secondary N) is 1. The van der Waals surface area contributed by atoms with Gasteiger partial charge < -0.3 is 5.32 Å². The molecule has 17 heavy (non-hydrogen) atoms. The van der Waals surface area contributed by atoms with Crippen LogP contribution in [0.1, 0.15) is 65.7 Å². The molecule has 1 unspecified atom stereocenters. The summed E-state index contributed by atoms with van der Waals surface area (Å²) in [4.78, 5) is 2.71. The van der Waals surface area contributed by atoms with Gasteiger partial charge in [-0.3, -0.25) is 4.90 Å². The third-order valence-electron chi connectivity index (χ3n) is 4.37. The van der Waals surface area contributed by atoms with E-state index >= 15 is 0 Å². The Morgan fingerprint density at radius 1 is 1.06 bits per heavy atom. The first-order chi connectivity index (χ1) is 8.23. The molecule has 0 aromatic rings. The van der Waals surface area contributed by atoms with Gasteiger partial charge in [0.15, 0.2) is 0 Å². The molecule has 0 saturated carbocycles. The Balaban J connectivity index is 2.15. The molecule has 1 rings (SSSR count). The minimum absolute atomic E-state index is 0.404. The molecule has 0 radical (unpaired) electrons. The van der Waals surface area contributed by atoms with E-state index in [1.807, 2.05) is 0 Å². The van der Waals surface area contributed by atoms with Gasteiger partial charge in [0, 0.05) is 25.2 Å². The summed E-state index contributed by atoms with van der Waals surface area (Å²) in [5.74, 6) is 0. The van der Waals surface area contributed by atoms with E-state index in [1.54, 1.807) is 0 Å². The summed E-state index contributed by atoms with van der Waals surface area (Å²) in [6, 6.07) is 0. The summed E-state index contributed by atoms with van der Waals surface area (Å²) in [6.45, 7) is 11.9. The third kappa shape index (κ3) is 4.97. The molecule has 1 fully saturated rings. The van der Waals surface area contributed by atoms with Crippen LogP contribution in [0.3, 0.4) is 0 Å². The predicted molar refractivity (Wildman–Crippen MR) is 76.5 cm³/mol. The van der Waals surface area contributed by atoms with E-state index in [1.165, 1.54) is 71.1 Å². The van der Waals surface area contributed by atoms with Crippen LogP contribution in [0.2, 0.25) is 0 Å². The first kappa shape index (κ1) is 15.0. The van der Waals surface area contributed by atoms with E-state index < -0.39 is 0 Å². The minimum atomic E-state index is 0.404. The molecule has 0 bridgehead atoms. The molecule has 0 aromatic carbocycles. The smallest absolute Gasteiger partial charge is 0.0303 e. The largest absolute Gasteiger partial charge is 0.314 e. The molecule has 102 valence electrons. The number of nitrogens with zero attached hydrogens (tertiary/aromatic N) is 1. The van der Waals surface area contributed by atoms with Crippen molar-refractivity contribution in [2.24, 2.45) is 0 Å². The fraction of sp³-hybridized carbons (Fsp3) is 1.00. The van der Waals surface area contributed by atoms with Crippen molar-refractivity contribution in [3.05, 3.63) is 0 Å². The molecule has 1 heterocycles. The molecular weight excluding hydrogens is 208 g/mol. The van der Waals surface area contributed by atoms with Crippen LogP contribution in [0.5, 0.6) is 0 Å². The Labute approximate surface area is 108 Å². The lowest BCUT2D eigenvalue weighted by molar-refractivity contribution is 0.0695. The average molecular weight is 240 g/mol. The maximum Gasteiger partial charge on any atom is 0.0303 e. The average Bonchev–Trinajstić information content (AvgIpc) is 2.36. The highest BCUT2D eigenvalue weighted by Crippen LogP contribution is 2.21. The number of piperazine rings is 1. The summed E-state index contributed by atoms with van der Waals surface area (Å²) >= 11 is 0. The topological polar surface area (TPSA) is 15.3 Å². The number of rotatable bonds is 8. The zero-order valence-electron chi connectivity index (χ0n) is 12.2. The van der Waals surface area contributed by atoms with Gasteiger partial charge in [-0.2, -0.15) is 0 Å². The molecule has 0 spiro atoms. The first-order valence-electron chi connectivity index (χ1n) is 7.68. The van der Waals surface area contributed by atoms with Crippen LogP contribution in [-0.4, -0.2) is 36.6 Å². The zero-order chi connectivity index (χ0) is 12.6. The molecule has 1 saturated heterocycles. The Hall–Kier alpha value is -0.0800. The van der Waals surface area contributed by atoms with Crippen LogP contribution in [-0.2, 0) is 0 Å². The van der Waals surface area contributed by atoms with E-state index in [2.05, 4.69) is 31.0 Å². The van der Waals surface area contributed by atoms with Crippen LogP contribution >= 0.6 is 0 Å². The Morgan fingerprint density at radius 3 is 2.47 bits per heavy atom. The highest BCUT2D eigenvalue weighted by molar-refractivity contribution is 4.90. The standard InChI is InChI=1S/C15H32N2/c1-4-6-7-8-9-10-12-17-13-11-16-14-15(17,3)5-2/h16H,4-14H2,1-3H3. The molecule has 1 N–H and O–H groups in total. The third-order valence-corrected chi connectivity index (χ3v) is 4.37. The summed E-state index contributed by atoms with van der Waals surface area (Å²) in [5.41, 5.74) is 0.404. The normalized spacial score (nSPS) is 26.3. The molecule has 0 aliphatic carbocycles. The van der Waals surface area contributed by atoms with Crippen molar-refractivity contribution in [1.82, 2.24) is 10.2 Å². The summed E-state index contributed by atoms with van der Waals surface area (Å²) in [5, 5.41) is 3.53. The van der Waals surface area contributed by atoms with Gasteiger partial charge in [-0.25, -0.2) is 0 Å². The van der Waals surface area contributed by atoms with Crippen LogP contribution in [0.15, 0.2) is 0 Å². The van der Waals surface area contributed by atoms with Gasteiger partial charge in [0.25, 0.3) is 0 Å². The van der Waals surface area contributed by atoms with Crippen LogP contribution in [0.25, 0.3) is 0 Å². The van der Waals surface area contributed by atoms with Gasteiger partial charge in [0.1, 0.15) is 0 Å². The zero-order valence-corrected chi connectivity index (χ0v) is 12.2. The van der Waals surface area contributed by atoms with Crippen LogP contribution < -0.4 is 5.32 Å². The molecule has 2 heteroatoms. The molecule has 0 amide bonds. The molecule has 1 atom stereocenters. The van der Waals surface area contributed by atoms with Crippen molar-refractivity contribution < 1.29 is 0 Å². The van der Waals surface area contributed by atoms with Crippen LogP contribution in [0.4, 0.5) is 0 Å². The lowest BCUT2D eigenvalue weighted by Crippen LogP contribution is -2.59. The predicted octanol–water partition coefficient (Wildman–Crippen LogP) is 3.42. The lowest BCUT2D eigenvalue weighted by Gasteiger charge is -2.45. The van der Waals surface area contributed by atoms with Gasteiger partial charge in [0.05, 0.1) is 0 Å². The quantitative estimate of drug-likeness (QED) is 0.654. The van der Waals surface area contributed by atoms with E-state index in [9.17, 15) is 0 Å². The number of hydrogen-bond acceptors (Lipinski definition) is 2. The molecule has 1 aliphatic rings. The summed E-state index contributed by atoms with van der Waals surface area (Å²) < 4.78 is 0. The highest BCUT2D eigenvalue weighted by Gasteiger charge is 2.31. The van der Waals surface area contributed by atoms with Crippen molar-refractivity contribution in [1.29, 1.82) is 0 Å². The maximum atomic E-state index is 3.53. The Morgan fingerprint density at radius 2 is 1.76 bits per heavy atom. The first-order valence-corrected chi connectivity index (χ1v) is 7.68. The van der Waals surface area contributed by atoms with E-state index in [-0.39, 0.29) is 0 Å². The van der Waals surface area contributed by atoms with E-state index in [0.717, 1.165) is 0 Å². The molecular formula is C15H32N2. The monoisotopic (exact) mass is 240 g/mol. The summed E-state index contributed by atoms with van der Waals surface area (Å²) in [7, 11) is 0. The van der Waals surface area contributed by atoms with Crippen molar-refractivity contribution >= 4 is 0 Å². The van der Waals surface area contributed by atoms with Crippen molar-refractivity contribution in [2.45, 2.75) is 71.3 Å². The second-order valence-electron chi connectivity index (χ2n) is 5.78. The minimum Gasteiger partial charge on any atom is -0.314 e. The maximum absolute atomic E-state index is 3.53. The fourth-order valence-electron chi connectivity index (χ4n) is 2.77. The fourth-order valence-corrected chi connectivity index (χ4v) is 2.77. The second kappa shape index (κ2) is 8.10. The SMILES string of the molecule is CCCCCCCCN1CCNCC1(C)CC. The van der Waals surface area contributed by atoms with Gasteiger partial charge in [0.2, 0.25) is 0 Å². The number of hydrogen-bond donors (Lipinski definition) is 1. The van der Waals surface area contributed by atoms with Crippen molar-refractivity contribution in [3.8, 4) is 0 Å². The Kier molecular flexibility index (Phi) is 7.14. The molecule has 2 nitrogen and oxygen atoms in total. The van der Waals surface area contributed by atoms with Gasteiger partial charge in [-0.1, -0.05) is 46.0 Å². The van der Waals surface area contributed by atoms with E-state index in [4.69, 9.17) is 0 Å². The van der Waals surface area contributed by atoms with Gasteiger partial charge in [-0.05, 0) is 26.3 Å². The molecule has 0 aromatic heterocycles. The van der Waals surface area contributed by atoms with E-state index in [0.29, 0.717) is 5.54 Å². The van der Waals surface area contributed by atoms with Crippen molar-refractivity contribution in [2.75, 3.05) is 26.2 Å². The van der Waals surface area contributed by atoms with Crippen LogP contribution in [0, 0.1) is 0 Å². The summed E-state index contributed by atoms with van der Waals surface area (Å²) in [6.07, 6.45) is 9.71.